The largest absolute Gasteiger partial charge is 0.330 e. The third kappa shape index (κ3) is 5.69. The highest BCUT2D eigenvalue weighted by Gasteiger charge is 2.17. The molecule has 0 aliphatic carbocycles. The zero-order valence-electron chi connectivity index (χ0n) is 12.0. The topological polar surface area (TPSA) is 98.3 Å². The summed E-state index contributed by atoms with van der Waals surface area (Å²) in [4.78, 5) is 22.3. The maximum atomic E-state index is 11.9. The smallest absolute Gasteiger partial charge is 0.294 e. The Labute approximate surface area is 128 Å². The van der Waals surface area contributed by atoms with Gasteiger partial charge < -0.3 is 11.1 Å². The molecule has 116 valence electrons. The number of benzene rings is 1. The number of nitrogens with zero attached hydrogens (tertiary/aromatic N) is 1. The van der Waals surface area contributed by atoms with E-state index in [1.54, 1.807) is 0 Å². The van der Waals surface area contributed by atoms with Gasteiger partial charge in [-0.25, -0.2) is 0 Å². The van der Waals surface area contributed by atoms with Crippen LogP contribution >= 0.6 is 11.6 Å². The second-order valence-corrected chi connectivity index (χ2v) is 5.29. The molecule has 1 aromatic rings. The summed E-state index contributed by atoms with van der Waals surface area (Å²) >= 11 is 5.72. The quantitative estimate of drug-likeness (QED) is 0.568. The normalized spacial score (nSPS) is 12.0. The first-order chi connectivity index (χ1) is 9.97. The number of rotatable bonds is 8. The fraction of sp³-hybridized carbons (Fsp3) is 0.500. The first kappa shape index (κ1) is 17.4. The Morgan fingerprint density at radius 2 is 2.19 bits per heavy atom. The van der Waals surface area contributed by atoms with E-state index in [9.17, 15) is 14.9 Å². The lowest BCUT2D eigenvalue weighted by Gasteiger charge is -2.13. The second-order valence-electron chi connectivity index (χ2n) is 4.86. The van der Waals surface area contributed by atoms with E-state index < -0.39 is 4.92 Å². The predicted octanol–water partition coefficient (Wildman–Crippen LogP) is 3.34. The molecule has 6 nitrogen and oxygen atoms in total. The highest BCUT2D eigenvalue weighted by atomic mass is 35.5. The van der Waals surface area contributed by atoms with Crippen LogP contribution in [0.1, 0.15) is 32.6 Å². The van der Waals surface area contributed by atoms with Gasteiger partial charge in [0.1, 0.15) is 5.69 Å². The van der Waals surface area contributed by atoms with Crippen molar-refractivity contribution in [1.82, 2.24) is 0 Å². The van der Waals surface area contributed by atoms with Crippen LogP contribution < -0.4 is 11.1 Å². The Kier molecular flexibility index (Phi) is 7.11. The molecule has 1 amide bonds. The van der Waals surface area contributed by atoms with Gasteiger partial charge in [0.15, 0.2) is 0 Å². The number of hydrogen-bond donors (Lipinski definition) is 2. The van der Waals surface area contributed by atoms with Gasteiger partial charge in [0.05, 0.1) is 4.92 Å². The summed E-state index contributed by atoms with van der Waals surface area (Å²) in [6.45, 7) is 2.66. The molecule has 0 spiro atoms. The van der Waals surface area contributed by atoms with Gasteiger partial charge in [0, 0.05) is 17.5 Å². The minimum absolute atomic E-state index is 0.168. The number of amides is 1. The zero-order chi connectivity index (χ0) is 15.8. The van der Waals surface area contributed by atoms with Crippen molar-refractivity contribution in [2.75, 3.05) is 11.9 Å². The number of nitro benzene ring substituents is 1. The molecule has 0 bridgehead atoms. The molecule has 0 aromatic heterocycles. The lowest BCUT2D eigenvalue weighted by molar-refractivity contribution is -0.383. The molecule has 3 N–H and O–H groups in total. The lowest BCUT2D eigenvalue weighted by Crippen LogP contribution is -2.15. The predicted molar refractivity (Wildman–Crippen MR) is 83.4 cm³/mol. The number of carbonyl (C=O) groups is 1. The maximum absolute atomic E-state index is 11.9. The minimum atomic E-state index is -0.565. The second kappa shape index (κ2) is 8.59. The Morgan fingerprint density at radius 1 is 1.48 bits per heavy atom. The maximum Gasteiger partial charge on any atom is 0.294 e. The van der Waals surface area contributed by atoms with Crippen molar-refractivity contribution in [3.05, 3.63) is 33.3 Å². The van der Waals surface area contributed by atoms with E-state index in [4.69, 9.17) is 17.3 Å². The SMILES string of the molecule is CCC(CCN)CCC(=O)Nc1ccc(Cl)cc1[N+](=O)[O-]. The molecule has 1 aromatic carbocycles. The van der Waals surface area contributed by atoms with Crippen LogP contribution in [0.2, 0.25) is 5.02 Å². The average Bonchev–Trinajstić information content (AvgIpc) is 2.45. The summed E-state index contributed by atoms with van der Waals surface area (Å²) in [7, 11) is 0. The highest BCUT2D eigenvalue weighted by molar-refractivity contribution is 6.31. The van der Waals surface area contributed by atoms with Crippen LogP contribution in [0.5, 0.6) is 0 Å². The van der Waals surface area contributed by atoms with Crippen LogP contribution in [-0.4, -0.2) is 17.4 Å². The molecule has 0 saturated heterocycles. The van der Waals surface area contributed by atoms with Crippen LogP contribution in [0.25, 0.3) is 0 Å². The number of halogens is 1. The van der Waals surface area contributed by atoms with Crippen molar-refractivity contribution in [3.8, 4) is 0 Å². The van der Waals surface area contributed by atoms with Crippen molar-refractivity contribution in [2.24, 2.45) is 11.7 Å². The first-order valence-corrected chi connectivity index (χ1v) is 7.29. The summed E-state index contributed by atoms with van der Waals surface area (Å²) < 4.78 is 0. The third-order valence-electron chi connectivity index (χ3n) is 3.36. The summed E-state index contributed by atoms with van der Waals surface area (Å²) in [5.74, 6) is 0.164. The van der Waals surface area contributed by atoms with Gasteiger partial charge in [0.25, 0.3) is 5.69 Å². The van der Waals surface area contributed by atoms with Gasteiger partial charge in [-0.05, 0) is 37.4 Å². The number of anilines is 1. The summed E-state index contributed by atoms with van der Waals surface area (Å²) in [6, 6.07) is 4.17. The third-order valence-corrected chi connectivity index (χ3v) is 3.60. The number of nitro groups is 1. The molecular formula is C14H20ClN3O3. The van der Waals surface area contributed by atoms with Crippen molar-refractivity contribution in [1.29, 1.82) is 0 Å². The minimum Gasteiger partial charge on any atom is -0.330 e. The monoisotopic (exact) mass is 313 g/mol. The fourth-order valence-corrected chi connectivity index (χ4v) is 2.26. The average molecular weight is 314 g/mol. The van der Waals surface area contributed by atoms with Gasteiger partial charge in [-0.15, -0.1) is 0 Å². The molecule has 0 saturated carbocycles. The van der Waals surface area contributed by atoms with Gasteiger partial charge in [0.2, 0.25) is 5.91 Å². The van der Waals surface area contributed by atoms with Crippen molar-refractivity contribution >= 4 is 28.9 Å². The zero-order valence-corrected chi connectivity index (χ0v) is 12.7. The fourth-order valence-electron chi connectivity index (χ4n) is 2.10. The number of nitrogens with one attached hydrogen (secondary N) is 1. The molecule has 0 fully saturated rings. The Morgan fingerprint density at radius 3 is 2.76 bits per heavy atom. The van der Waals surface area contributed by atoms with E-state index in [0.717, 1.165) is 19.3 Å². The standard InChI is InChI=1S/C14H20ClN3O3/c1-2-10(7-8-16)3-6-14(19)17-12-5-4-11(15)9-13(12)18(20)21/h4-5,9-10H,2-3,6-8,16H2,1H3,(H,17,19). The van der Waals surface area contributed by atoms with E-state index in [1.165, 1.54) is 18.2 Å². The Bertz CT molecular complexity index is 508. The highest BCUT2D eigenvalue weighted by Crippen LogP contribution is 2.28. The molecule has 0 aliphatic rings. The van der Waals surface area contributed by atoms with E-state index >= 15 is 0 Å². The molecule has 1 unspecified atom stereocenters. The summed E-state index contributed by atoms with van der Waals surface area (Å²) in [6.07, 6.45) is 2.88. The first-order valence-electron chi connectivity index (χ1n) is 6.91. The van der Waals surface area contributed by atoms with Crippen LogP contribution in [-0.2, 0) is 4.79 Å². The number of carbonyl (C=O) groups excluding carboxylic acids is 1. The van der Waals surface area contributed by atoms with Crippen molar-refractivity contribution in [3.63, 3.8) is 0 Å². The number of nitrogens with two attached hydrogens (primary N) is 1. The van der Waals surface area contributed by atoms with Crippen LogP contribution in [0.3, 0.4) is 0 Å². The lowest BCUT2D eigenvalue weighted by atomic mass is 9.96. The van der Waals surface area contributed by atoms with Crippen molar-refractivity contribution in [2.45, 2.75) is 32.6 Å². The summed E-state index contributed by atoms with van der Waals surface area (Å²) in [5, 5.41) is 13.8. The van der Waals surface area contributed by atoms with E-state index in [-0.39, 0.29) is 22.3 Å². The van der Waals surface area contributed by atoms with Gasteiger partial charge in [-0.3, -0.25) is 14.9 Å². The number of hydrogen-bond acceptors (Lipinski definition) is 4. The van der Waals surface area contributed by atoms with Gasteiger partial charge in [-0.2, -0.15) is 0 Å². The summed E-state index contributed by atoms with van der Waals surface area (Å²) in [5.41, 5.74) is 5.48. The molecule has 21 heavy (non-hydrogen) atoms. The molecule has 1 rings (SSSR count). The Hall–Kier alpha value is -1.66. The molecule has 0 radical (unpaired) electrons. The Balaban J connectivity index is 2.65. The van der Waals surface area contributed by atoms with Crippen LogP contribution in [0.4, 0.5) is 11.4 Å². The van der Waals surface area contributed by atoms with E-state index in [1.807, 2.05) is 0 Å². The van der Waals surface area contributed by atoms with Crippen molar-refractivity contribution < 1.29 is 9.72 Å². The van der Waals surface area contributed by atoms with Crippen LogP contribution in [0, 0.1) is 16.0 Å². The van der Waals surface area contributed by atoms with Gasteiger partial charge in [-0.1, -0.05) is 24.9 Å². The molecular weight excluding hydrogens is 294 g/mol. The molecule has 0 aliphatic heterocycles. The molecule has 1 atom stereocenters. The van der Waals surface area contributed by atoms with E-state index in [2.05, 4.69) is 12.2 Å². The van der Waals surface area contributed by atoms with E-state index in [0.29, 0.717) is 18.9 Å². The molecule has 7 heteroatoms. The van der Waals surface area contributed by atoms with Crippen LogP contribution in [0.15, 0.2) is 18.2 Å². The molecule has 0 heterocycles. The van der Waals surface area contributed by atoms with Gasteiger partial charge >= 0.3 is 0 Å².